The number of nitrogens with zero attached hydrogens (tertiary/aromatic N) is 1. The zero-order valence-electron chi connectivity index (χ0n) is 12.6. The Labute approximate surface area is 125 Å². The molecular formula is C15H26N2O4. The molecule has 2 aliphatic rings. The fourth-order valence-corrected chi connectivity index (χ4v) is 3.98. The number of hydrogen-bond acceptors (Lipinski definition) is 4. The quantitative estimate of drug-likeness (QED) is 0.589. The Hall–Kier alpha value is -1.14. The van der Waals surface area contributed by atoms with Gasteiger partial charge in [-0.2, -0.15) is 0 Å². The molecule has 2 rings (SSSR count). The van der Waals surface area contributed by atoms with Crippen LogP contribution < -0.4 is 5.32 Å². The van der Waals surface area contributed by atoms with E-state index in [1.54, 1.807) is 0 Å². The van der Waals surface area contributed by atoms with Crippen LogP contribution in [-0.4, -0.2) is 59.3 Å². The molecular weight excluding hydrogens is 272 g/mol. The molecule has 6 nitrogen and oxygen atoms in total. The molecule has 2 aliphatic carbocycles. The fourth-order valence-electron chi connectivity index (χ4n) is 3.98. The third-order valence-electron chi connectivity index (χ3n) is 5.02. The highest BCUT2D eigenvalue weighted by atomic mass is 16.3. The van der Waals surface area contributed by atoms with Crippen molar-refractivity contribution in [1.82, 2.24) is 10.2 Å². The molecule has 2 bridgehead atoms. The van der Waals surface area contributed by atoms with Crippen molar-refractivity contribution in [2.75, 3.05) is 26.3 Å². The summed E-state index contributed by atoms with van der Waals surface area (Å²) >= 11 is 0. The number of carbonyl (C=O) groups is 2. The van der Waals surface area contributed by atoms with Gasteiger partial charge in [0.1, 0.15) is 0 Å². The number of hydrogen-bond donors (Lipinski definition) is 3. The predicted octanol–water partition coefficient (Wildman–Crippen LogP) is -0.259. The monoisotopic (exact) mass is 298 g/mol. The molecule has 120 valence electrons. The first-order valence-corrected chi connectivity index (χ1v) is 7.88. The standard InChI is InChI=1S/C15H26N2O4/c1-10(13-9-11-2-3-12(13)8-11)16-14(20)15(21)17(4-6-18)5-7-19/h10-13,18-19H,2-9H2,1H3,(H,16,20). The molecule has 0 spiro atoms. The van der Waals surface area contributed by atoms with Crippen LogP contribution in [0.5, 0.6) is 0 Å². The number of carbonyl (C=O) groups excluding carboxylic acids is 2. The summed E-state index contributed by atoms with van der Waals surface area (Å²) < 4.78 is 0. The van der Waals surface area contributed by atoms with E-state index in [1.807, 2.05) is 6.92 Å². The minimum Gasteiger partial charge on any atom is -0.395 e. The molecule has 0 aromatic carbocycles. The van der Waals surface area contributed by atoms with Gasteiger partial charge in [-0.05, 0) is 43.9 Å². The van der Waals surface area contributed by atoms with Gasteiger partial charge in [-0.1, -0.05) is 6.42 Å². The molecule has 0 aliphatic heterocycles. The summed E-state index contributed by atoms with van der Waals surface area (Å²) in [5.74, 6) is 0.659. The second-order valence-electron chi connectivity index (χ2n) is 6.34. The van der Waals surface area contributed by atoms with E-state index < -0.39 is 11.8 Å². The van der Waals surface area contributed by atoms with Crippen molar-refractivity contribution in [3.63, 3.8) is 0 Å². The predicted molar refractivity (Wildman–Crippen MR) is 77.3 cm³/mol. The Morgan fingerprint density at radius 3 is 2.33 bits per heavy atom. The van der Waals surface area contributed by atoms with Crippen LogP contribution >= 0.6 is 0 Å². The maximum Gasteiger partial charge on any atom is 0.312 e. The zero-order valence-corrected chi connectivity index (χ0v) is 12.6. The van der Waals surface area contributed by atoms with Gasteiger partial charge in [-0.15, -0.1) is 0 Å². The van der Waals surface area contributed by atoms with Crippen LogP contribution in [0.4, 0.5) is 0 Å². The molecule has 0 aromatic rings. The van der Waals surface area contributed by atoms with Gasteiger partial charge in [-0.25, -0.2) is 0 Å². The number of aliphatic hydroxyl groups is 2. The largest absolute Gasteiger partial charge is 0.395 e. The van der Waals surface area contributed by atoms with Gasteiger partial charge in [0.2, 0.25) is 0 Å². The zero-order chi connectivity index (χ0) is 15.4. The average Bonchev–Trinajstić information content (AvgIpc) is 3.08. The minimum atomic E-state index is -0.673. The van der Waals surface area contributed by atoms with Gasteiger partial charge in [0.05, 0.1) is 13.2 Å². The molecule has 0 saturated heterocycles. The van der Waals surface area contributed by atoms with Crippen molar-refractivity contribution in [2.24, 2.45) is 17.8 Å². The lowest BCUT2D eigenvalue weighted by Crippen LogP contribution is -2.49. The number of fused-ring (bicyclic) bond motifs is 2. The first kappa shape index (κ1) is 16.2. The van der Waals surface area contributed by atoms with Crippen LogP contribution in [0, 0.1) is 17.8 Å². The third-order valence-corrected chi connectivity index (χ3v) is 5.02. The van der Waals surface area contributed by atoms with Crippen molar-refractivity contribution >= 4 is 11.8 Å². The van der Waals surface area contributed by atoms with E-state index >= 15 is 0 Å². The third kappa shape index (κ3) is 3.74. The molecule has 4 unspecified atom stereocenters. The molecule has 21 heavy (non-hydrogen) atoms. The summed E-state index contributed by atoms with van der Waals surface area (Å²) in [6.07, 6.45) is 4.96. The lowest BCUT2D eigenvalue weighted by Gasteiger charge is -2.29. The number of rotatable bonds is 6. The van der Waals surface area contributed by atoms with Crippen molar-refractivity contribution < 1.29 is 19.8 Å². The van der Waals surface area contributed by atoms with Crippen LogP contribution in [0.15, 0.2) is 0 Å². The molecule has 0 radical (unpaired) electrons. The lowest BCUT2D eigenvalue weighted by atomic mass is 9.84. The highest BCUT2D eigenvalue weighted by molar-refractivity contribution is 6.35. The molecule has 0 heterocycles. The van der Waals surface area contributed by atoms with Crippen LogP contribution in [0.25, 0.3) is 0 Å². The summed E-state index contributed by atoms with van der Waals surface area (Å²) in [5, 5.41) is 20.6. The smallest absolute Gasteiger partial charge is 0.312 e. The highest BCUT2D eigenvalue weighted by Gasteiger charge is 2.42. The Bertz CT molecular complexity index is 382. The van der Waals surface area contributed by atoms with Crippen LogP contribution in [0.3, 0.4) is 0 Å². The van der Waals surface area contributed by atoms with Crippen LogP contribution in [0.1, 0.15) is 32.6 Å². The van der Waals surface area contributed by atoms with Crippen molar-refractivity contribution in [3.8, 4) is 0 Å². The molecule has 2 amide bonds. The van der Waals surface area contributed by atoms with Crippen LogP contribution in [-0.2, 0) is 9.59 Å². The fraction of sp³-hybridized carbons (Fsp3) is 0.867. The Kier molecular flexibility index (Phi) is 5.58. The Morgan fingerprint density at radius 1 is 1.19 bits per heavy atom. The van der Waals surface area contributed by atoms with E-state index in [-0.39, 0.29) is 32.3 Å². The number of nitrogens with one attached hydrogen (secondary N) is 1. The second kappa shape index (κ2) is 7.22. The highest BCUT2D eigenvalue weighted by Crippen LogP contribution is 2.49. The second-order valence-corrected chi connectivity index (χ2v) is 6.34. The molecule has 0 aromatic heterocycles. The molecule has 6 heteroatoms. The van der Waals surface area contributed by atoms with Crippen molar-refractivity contribution in [1.29, 1.82) is 0 Å². The van der Waals surface area contributed by atoms with Gasteiger partial charge >= 0.3 is 11.8 Å². The Balaban J connectivity index is 1.86. The van der Waals surface area contributed by atoms with E-state index in [4.69, 9.17) is 10.2 Å². The maximum atomic E-state index is 12.0. The van der Waals surface area contributed by atoms with Crippen molar-refractivity contribution in [3.05, 3.63) is 0 Å². The lowest BCUT2D eigenvalue weighted by molar-refractivity contribution is -0.147. The normalized spacial score (nSPS) is 28.4. The minimum absolute atomic E-state index is 0.00172. The van der Waals surface area contributed by atoms with E-state index in [0.717, 1.165) is 12.3 Å². The van der Waals surface area contributed by atoms with E-state index in [1.165, 1.54) is 24.2 Å². The first-order chi connectivity index (χ1) is 10.1. The number of amides is 2. The average molecular weight is 298 g/mol. The van der Waals surface area contributed by atoms with Gasteiger partial charge < -0.3 is 20.4 Å². The van der Waals surface area contributed by atoms with Crippen LogP contribution in [0.2, 0.25) is 0 Å². The Morgan fingerprint density at radius 2 is 1.86 bits per heavy atom. The number of aliphatic hydroxyl groups excluding tert-OH is 2. The summed E-state index contributed by atoms with van der Waals surface area (Å²) in [5.41, 5.74) is 0. The molecule has 3 N–H and O–H groups in total. The van der Waals surface area contributed by atoms with Gasteiger partial charge in [0.25, 0.3) is 0 Å². The van der Waals surface area contributed by atoms with Crippen molar-refractivity contribution in [2.45, 2.75) is 38.6 Å². The summed E-state index contributed by atoms with van der Waals surface area (Å²) in [6, 6.07) is 0.00172. The molecule has 2 fully saturated rings. The maximum absolute atomic E-state index is 12.0. The van der Waals surface area contributed by atoms with Gasteiger partial charge in [0.15, 0.2) is 0 Å². The summed E-state index contributed by atoms with van der Waals surface area (Å²) in [7, 11) is 0. The summed E-state index contributed by atoms with van der Waals surface area (Å²) in [4.78, 5) is 25.3. The molecule has 4 atom stereocenters. The molecule has 2 saturated carbocycles. The van der Waals surface area contributed by atoms with Gasteiger partial charge in [0, 0.05) is 19.1 Å². The summed E-state index contributed by atoms with van der Waals surface area (Å²) in [6.45, 7) is 1.66. The SMILES string of the molecule is CC(NC(=O)C(=O)N(CCO)CCO)C1CC2CCC1C2. The van der Waals surface area contributed by atoms with E-state index in [2.05, 4.69) is 5.32 Å². The van der Waals surface area contributed by atoms with E-state index in [9.17, 15) is 9.59 Å². The van der Waals surface area contributed by atoms with E-state index in [0.29, 0.717) is 11.8 Å². The topological polar surface area (TPSA) is 89.9 Å². The van der Waals surface area contributed by atoms with Gasteiger partial charge in [-0.3, -0.25) is 9.59 Å². The first-order valence-electron chi connectivity index (χ1n) is 7.88.